The van der Waals surface area contributed by atoms with Crippen molar-refractivity contribution >= 4 is 62.4 Å². The number of nitro groups is 1. The molecule has 0 aliphatic rings. The van der Waals surface area contributed by atoms with E-state index in [-0.39, 0.29) is 26.2 Å². The van der Waals surface area contributed by atoms with Crippen LogP contribution >= 0.6 is 23.2 Å². The van der Waals surface area contributed by atoms with E-state index in [1.807, 2.05) is 0 Å². The Morgan fingerprint density at radius 2 is 1.70 bits per heavy atom. The molecule has 0 aromatic heterocycles. The minimum atomic E-state index is -3.79. The number of nitrogens with zero attached hydrogens (tertiary/aromatic N) is 2. The topological polar surface area (TPSA) is 165 Å². The zero-order chi connectivity index (χ0) is 28.1. The summed E-state index contributed by atoms with van der Waals surface area (Å²) in [6.45, 7) is 2.48. The van der Waals surface area contributed by atoms with Crippen molar-refractivity contribution in [2.24, 2.45) is 5.92 Å². The highest BCUT2D eigenvalue weighted by Crippen LogP contribution is 2.27. The first kappa shape index (κ1) is 30.0. The van der Waals surface area contributed by atoms with Crippen LogP contribution in [0.25, 0.3) is 0 Å². The van der Waals surface area contributed by atoms with Crippen molar-refractivity contribution < 1.29 is 32.5 Å². The fourth-order valence-electron chi connectivity index (χ4n) is 2.90. The van der Waals surface area contributed by atoms with Gasteiger partial charge in [0.25, 0.3) is 17.5 Å². The van der Waals surface area contributed by atoms with Gasteiger partial charge in [-0.15, -0.1) is 0 Å². The summed E-state index contributed by atoms with van der Waals surface area (Å²) in [5.41, 5.74) is -0.589. The molecule has 0 saturated heterocycles. The van der Waals surface area contributed by atoms with E-state index in [2.05, 4.69) is 10.6 Å². The number of benzene rings is 2. The van der Waals surface area contributed by atoms with Crippen LogP contribution in [0.1, 0.15) is 24.2 Å². The molecular formula is C22H24Cl2N4O8S. The molecule has 0 bridgehead atoms. The maximum Gasteiger partial charge on any atom is 0.329 e. The number of carbonyl (C=O) groups excluding carboxylic acids is 3. The summed E-state index contributed by atoms with van der Waals surface area (Å²) in [5.74, 6) is -3.00. The quantitative estimate of drug-likeness (QED) is 0.248. The predicted molar refractivity (Wildman–Crippen MR) is 136 cm³/mol. The van der Waals surface area contributed by atoms with Crippen LogP contribution in [0, 0.1) is 16.0 Å². The summed E-state index contributed by atoms with van der Waals surface area (Å²) in [5, 5.41) is 15.8. The van der Waals surface area contributed by atoms with Gasteiger partial charge in [0.1, 0.15) is 11.1 Å². The number of sulfonamides is 1. The second-order valence-electron chi connectivity index (χ2n) is 8.20. The summed E-state index contributed by atoms with van der Waals surface area (Å²) >= 11 is 11.8. The highest BCUT2D eigenvalue weighted by molar-refractivity contribution is 7.89. The van der Waals surface area contributed by atoms with Crippen molar-refractivity contribution in [2.75, 3.05) is 26.0 Å². The molecule has 2 N–H and O–H groups in total. The molecule has 0 spiro atoms. The molecule has 0 heterocycles. The fraction of sp³-hybridized carbons (Fsp3) is 0.318. The Morgan fingerprint density at radius 1 is 1.08 bits per heavy atom. The number of hydrogen-bond donors (Lipinski definition) is 2. The normalized spacial score (nSPS) is 12.2. The van der Waals surface area contributed by atoms with E-state index in [1.165, 1.54) is 44.4 Å². The van der Waals surface area contributed by atoms with Gasteiger partial charge in [0.2, 0.25) is 10.0 Å². The van der Waals surface area contributed by atoms with Gasteiger partial charge in [0, 0.05) is 25.7 Å². The summed E-state index contributed by atoms with van der Waals surface area (Å²) in [7, 11) is -1.10. The van der Waals surface area contributed by atoms with E-state index in [4.69, 9.17) is 27.9 Å². The number of nitro benzene ring substituents is 1. The number of nitrogens with one attached hydrogen (secondary N) is 2. The lowest BCUT2D eigenvalue weighted by atomic mass is 10.0. The fourth-order valence-corrected chi connectivity index (χ4v) is 4.18. The molecule has 200 valence electrons. The molecule has 2 aromatic rings. The molecule has 2 rings (SSSR count). The van der Waals surface area contributed by atoms with E-state index in [1.54, 1.807) is 13.8 Å². The summed E-state index contributed by atoms with van der Waals surface area (Å²) in [4.78, 5) is 47.8. The molecule has 37 heavy (non-hydrogen) atoms. The van der Waals surface area contributed by atoms with Gasteiger partial charge in [-0.05, 0) is 36.2 Å². The Morgan fingerprint density at radius 3 is 2.27 bits per heavy atom. The van der Waals surface area contributed by atoms with Crippen LogP contribution < -0.4 is 10.6 Å². The monoisotopic (exact) mass is 574 g/mol. The first-order valence-corrected chi connectivity index (χ1v) is 12.8. The van der Waals surface area contributed by atoms with Crippen LogP contribution in [-0.2, 0) is 24.3 Å². The molecule has 2 aromatic carbocycles. The summed E-state index contributed by atoms with van der Waals surface area (Å²) in [6, 6.07) is 5.97. The van der Waals surface area contributed by atoms with E-state index < -0.39 is 57.0 Å². The minimum Gasteiger partial charge on any atom is -0.454 e. The Hall–Kier alpha value is -3.26. The van der Waals surface area contributed by atoms with E-state index in [9.17, 15) is 32.9 Å². The van der Waals surface area contributed by atoms with Crippen LogP contribution in [0.3, 0.4) is 0 Å². The molecule has 0 aliphatic carbocycles. The highest BCUT2D eigenvalue weighted by Gasteiger charge is 2.28. The molecule has 0 aliphatic heterocycles. The van der Waals surface area contributed by atoms with E-state index >= 15 is 0 Å². The Kier molecular flexibility index (Phi) is 9.98. The van der Waals surface area contributed by atoms with Gasteiger partial charge in [-0.3, -0.25) is 19.7 Å². The van der Waals surface area contributed by atoms with Crippen LogP contribution in [0.5, 0.6) is 0 Å². The highest BCUT2D eigenvalue weighted by atomic mass is 35.5. The van der Waals surface area contributed by atoms with Gasteiger partial charge < -0.3 is 15.4 Å². The Bertz CT molecular complexity index is 1330. The van der Waals surface area contributed by atoms with Gasteiger partial charge in [-0.2, -0.15) is 0 Å². The Balaban J connectivity index is 2.08. The lowest BCUT2D eigenvalue weighted by Crippen LogP contribution is -2.46. The zero-order valence-electron chi connectivity index (χ0n) is 20.2. The molecule has 0 saturated carbocycles. The molecule has 0 radical (unpaired) electrons. The van der Waals surface area contributed by atoms with Gasteiger partial charge in [0.15, 0.2) is 6.61 Å². The predicted octanol–water partition coefficient (Wildman–Crippen LogP) is 3.09. The summed E-state index contributed by atoms with van der Waals surface area (Å²) in [6.07, 6.45) is 0. The molecule has 1 unspecified atom stereocenters. The lowest BCUT2D eigenvalue weighted by molar-refractivity contribution is -0.384. The van der Waals surface area contributed by atoms with Crippen molar-refractivity contribution in [3.63, 3.8) is 0 Å². The molecule has 1 atom stereocenters. The molecule has 2 amide bonds. The second-order valence-corrected chi connectivity index (χ2v) is 11.2. The molecular weight excluding hydrogens is 551 g/mol. The van der Waals surface area contributed by atoms with Crippen LogP contribution in [-0.4, -0.2) is 62.2 Å². The van der Waals surface area contributed by atoms with Crippen molar-refractivity contribution in [2.45, 2.75) is 24.8 Å². The number of rotatable bonds is 10. The van der Waals surface area contributed by atoms with Gasteiger partial charge in [-0.1, -0.05) is 37.0 Å². The van der Waals surface area contributed by atoms with Crippen molar-refractivity contribution in [1.29, 1.82) is 0 Å². The SMILES string of the molecule is CC(C)C(NC(=O)c1ccc(Cl)c([N+](=O)[O-])c1)C(=O)OCC(=O)Nc1cc(S(=O)(=O)N(C)C)ccc1Cl. The largest absolute Gasteiger partial charge is 0.454 e. The average molecular weight is 575 g/mol. The van der Waals surface area contributed by atoms with Crippen molar-refractivity contribution in [1.82, 2.24) is 9.62 Å². The number of anilines is 1. The van der Waals surface area contributed by atoms with Crippen molar-refractivity contribution in [3.05, 3.63) is 62.1 Å². The number of carbonyl (C=O) groups is 3. The third kappa shape index (κ3) is 7.61. The van der Waals surface area contributed by atoms with Gasteiger partial charge in [0.05, 0.1) is 20.5 Å². The van der Waals surface area contributed by atoms with Crippen LogP contribution in [0.4, 0.5) is 11.4 Å². The maximum absolute atomic E-state index is 12.6. The third-order valence-corrected chi connectivity index (χ3v) is 7.41. The lowest BCUT2D eigenvalue weighted by Gasteiger charge is -2.21. The average Bonchev–Trinajstić information content (AvgIpc) is 2.81. The van der Waals surface area contributed by atoms with Crippen LogP contribution in [0.2, 0.25) is 10.0 Å². The Labute approximate surface area is 223 Å². The standard InChI is InChI=1S/C22H24Cl2N4O8S/c1-12(2)20(26-21(30)13-5-7-16(24)18(9-13)28(32)33)22(31)36-11-19(29)25-17-10-14(6-8-15(17)23)37(34,35)27(3)4/h5-10,12,20H,11H2,1-4H3,(H,25,29)(H,26,30). The second kappa shape index (κ2) is 12.3. The van der Waals surface area contributed by atoms with E-state index in [0.29, 0.717) is 0 Å². The first-order chi connectivity index (χ1) is 17.1. The zero-order valence-corrected chi connectivity index (χ0v) is 22.5. The first-order valence-electron chi connectivity index (χ1n) is 10.6. The number of hydrogen-bond acceptors (Lipinski definition) is 8. The van der Waals surface area contributed by atoms with Gasteiger partial charge in [-0.25, -0.2) is 17.5 Å². The van der Waals surface area contributed by atoms with Crippen LogP contribution in [0.15, 0.2) is 41.3 Å². The number of ether oxygens (including phenoxy) is 1. The third-order valence-electron chi connectivity index (χ3n) is 4.95. The van der Waals surface area contributed by atoms with Crippen molar-refractivity contribution in [3.8, 4) is 0 Å². The molecule has 12 nitrogen and oxygen atoms in total. The number of esters is 1. The molecule has 15 heteroatoms. The number of halogens is 2. The van der Waals surface area contributed by atoms with E-state index in [0.717, 1.165) is 10.4 Å². The van der Waals surface area contributed by atoms with Gasteiger partial charge >= 0.3 is 5.97 Å². The smallest absolute Gasteiger partial charge is 0.329 e. The minimum absolute atomic E-state index is 0.0105. The number of amides is 2. The summed E-state index contributed by atoms with van der Waals surface area (Å²) < 4.78 is 30.7. The molecule has 0 fully saturated rings. The maximum atomic E-state index is 12.6.